The Morgan fingerprint density at radius 1 is 0.200 bits per heavy atom. The molecule has 0 amide bonds. The molecule has 0 radical (unpaired) electrons. The third kappa shape index (κ3) is 21.3. The van der Waals surface area contributed by atoms with Gasteiger partial charge >= 0.3 is 0 Å². The second-order valence-electron chi connectivity index (χ2n) is 32.3. The second kappa shape index (κ2) is 37.8. The van der Waals surface area contributed by atoms with Crippen molar-refractivity contribution in [1.29, 1.82) is 0 Å². The summed E-state index contributed by atoms with van der Waals surface area (Å²) >= 11 is 0. The first-order chi connectivity index (χ1) is 57.4. The maximum absolute atomic E-state index is 11.2. The highest BCUT2D eigenvalue weighted by molar-refractivity contribution is 7.97. The van der Waals surface area contributed by atoms with E-state index in [1.54, 1.807) is 18.2 Å². The van der Waals surface area contributed by atoms with E-state index in [1.165, 1.54) is 78.9 Å². The smallest absolute Gasteiger partial charge is 0.166 e. The van der Waals surface area contributed by atoms with E-state index in [9.17, 15) is 38.9 Å². The van der Waals surface area contributed by atoms with Crippen molar-refractivity contribution in [3.63, 3.8) is 0 Å². The topological polar surface area (TPSA) is 172 Å². The zero-order valence-electron chi connectivity index (χ0n) is 68.6. The van der Waals surface area contributed by atoms with Gasteiger partial charge in [0.1, 0.15) is 30.4 Å². The Morgan fingerprint density at radius 2 is 0.367 bits per heavy atom. The number of hydrogen-bond acceptors (Lipinski definition) is 9. The number of rotatable bonds is 12. The van der Waals surface area contributed by atoms with Gasteiger partial charge in [-0.1, -0.05) is 317 Å². The molecule has 0 bridgehead atoms. The van der Waals surface area contributed by atoms with Crippen LogP contribution in [0.4, 0.5) is 0 Å². The van der Waals surface area contributed by atoms with Crippen LogP contribution in [-0.2, 0) is 98.5 Å². The summed E-state index contributed by atoms with van der Waals surface area (Å²) < 4.78 is 101. The summed E-state index contributed by atoms with van der Waals surface area (Å²) in [6.45, 7) is 20.3. The largest absolute Gasteiger partial charge is 0.744 e. The summed E-state index contributed by atoms with van der Waals surface area (Å²) in [5, 5.41) is 0. The van der Waals surface area contributed by atoms with Gasteiger partial charge in [0.05, 0.1) is 47.4 Å². The Kier molecular flexibility index (Phi) is 27.4. The van der Waals surface area contributed by atoms with Crippen molar-refractivity contribution in [2.75, 3.05) is 0 Å². The van der Waals surface area contributed by atoms with Crippen LogP contribution >= 0.6 is 0 Å². The molecule has 120 heavy (non-hydrogen) atoms. The minimum atomic E-state index is -4.40. The first-order valence-corrected chi connectivity index (χ1v) is 47.6. The van der Waals surface area contributed by atoms with Crippen molar-refractivity contribution in [2.45, 2.75) is 157 Å². The molecular weight excluding hydrogens is 1600 g/mol. The molecule has 0 atom stereocenters. The van der Waals surface area contributed by atoms with Crippen molar-refractivity contribution in [1.82, 2.24) is 0 Å². The first-order valence-electron chi connectivity index (χ1n) is 39.7. The van der Waals surface area contributed by atoms with Gasteiger partial charge in [0.25, 0.3) is 0 Å². The average molecular weight is 1690 g/mol. The summed E-state index contributed by atoms with van der Waals surface area (Å²) in [7, 11) is -13.3. The fourth-order valence-corrected chi connectivity index (χ4v) is 23.4. The van der Waals surface area contributed by atoms with Crippen LogP contribution in [0.25, 0.3) is 33.4 Å². The lowest BCUT2D eigenvalue weighted by Gasteiger charge is -2.19. The molecule has 3 aliphatic rings. The van der Waals surface area contributed by atoms with Crippen LogP contribution in [0.3, 0.4) is 0 Å². The number of hydrogen-bond donors (Lipinski definition) is 0. The Balaban J connectivity index is 0.000000125. The highest BCUT2D eigenvalue weighted by Gasteiger charge is 2.33. The van der Waals surface area contributed by atoms with Crippen LogP contribution < -0.4 is 0 Å². The van der Waals surface area contributed by atoms with Crippen LogP contribution in [0.1, 0.15) is 112 Å². The minimum Gasteiger partial charge on any atom is -0.744 e. The van der Waals surface area contributed by atoms with E-state index in [-0.39, 0.29) is 63.6 Å². The zero-order valence-corrected chi connectivity index (χ0v) is 73.5. The summed E-state index contributed by atoms with van der Waals surface area (Å²) in [6.07, 6.45) is 1.55. The summed E-state index contributed by atoms with van der Waals surface area (Å²) in [5.41, 5.74) is 15.4. The maximum atomic E-state index is 11.2. The first kappa shape index (κ1) is 86.9. The van der Waals surface area contributed by atoms with Crippen molar-refractivity contribution < 1.29 is 38.9 Å². The zero-order chi connectivity index (χ0) is 85.0. The molecule has 0 aromatic heterocycles. The van der Waals surface area contributed by atoms with E-state index in [0.717, 1.165) is 50.1 Å². The van der Waals surface area contributed by atoms with Gasteiger partial charge in [0.15, 0.2) is 44.1 Å². The van der Waals surface area contributed by atoms with Crippen LogP contribution in [0, 0.1) is 0 Å². The highest BCUT2D eigenvalue weighted by Crippen LogP contribution is 2.44. The molecule has 0 saturated carbocycles. The van der Waals surface area contributed by atoms with Crippen LogP contribution in [-0.4, -0.2) is 38.9 Å². The van der Waals surface area contributed by atoms with Gasteiger partial charge in [0.2, 0.25) is 0 Å². The minimum absolute atomic E-state index is 0.0497. The Hall–Kier alpha value is -10.9. The third-order valence-electron chi connectivity index (χ3n) is 21.0. The van der Waals surface area contributed by atoms with E-state index < -0.39 is 30.4 Å². The third-order valence-corrected chi connectivity index (χ3v) is 30.4. The molecule has 15 heteroatoms. The van der Waals surface area contributed by atoms with Gasteiger partial charge in [-0.3, -0.25) is 0 Å². The molecule has 15 aromatic carbocycles. The lowest BCUT2D eigenvalue weighted by atomic mass is 9.87. The van der Waals surface area contributed by atoms with Crippen molar-refractivity contribution in [3.05, 3.63) is 432 Å². The summed E-state index contributed by atoms with van der Waals surface area (Å²) in [5.74, 6) is 0. The van der Waals surface area contributed by atoms with Gasteiger partial charge < -0.3 is 13.7 Å². The lowest BCUT2D eigenvalue weighted by molar-refractivity contribution is 0.460. The predicted octanol–water partition coefficient (Wildman–Crippen LogP) is 24.7. The molecule has 0 fully saturated rings. The monoisotopic (exact) mass is 1690 g/mol. The van der Waals surface area contributed by atoms with E-state index >= 15 is 0 Å². The predicted molar refractivity (Wildman–Crippen MR) is 489 cm³/mol. The van der Waals surface area contributed by atoms with E-state index in [4.69, 9.17) is 0 Å². The fraction of sp³-hybridized carbons (Fsp3) is 0.143. The van der Waals surface area contributed by atoms with Crippen molar-refractivity contribution >= 4 is 63.0 Å². The molecule has 0 unspecified atom stereocenters. The van der Waals surface area contributed by atoms with Gasteiger partial charge in [-0.25, -0.2) is 25.3 Å². The maximum Gasteiger partial charge on any atom is 0.166 e. The van der Waals surface area contributed by atoms with E-state index in [0.29, 0.717) is 36.0 Å². The fourth-order valence-electron chi connectivity index (χ4n) is 14.9. The molecule has 606 valence electrons. The Morgan fingerprint density at radius 3 is 0.550 bits per heavy atom. The molecule has 0 N–H and O–H groups in total. The van der Waals surface area contributed by atoms with E-state index in [2.05, 4.69) is 317 Å². The quantitative estimate of drug-likeness (QED) is 0.0852. The molecule has 0 spiro atoms. The second-order valence-corrected chi connectivity index (χ2v) is 42.5. The summed E-state index contributed by atoms with van der Waals surface area (Å²) in [6, 6.07) is 130. The van der Waals surface area contributed by atoms with Gasteiger partial charge in [-0.15, -0.1) is 0 Å². The normalized spacial score (nSPS) is 12.3. The average Bonchev–Trinajstić information content (AvgIpc) is 1.63. The highest BCUT2D eigenvalue weighted by atomic mass is 32.2. The Bertz CT molecular complexity index is 5620. The molecule has 0 aliphatic heterocycles. The van der Waals surface area contributed by atoms with Crippen LogP contribution in [0.2, 0.25) is 0 Å². The molecule has 15 aromatic rings. The molecule has 0 saturated heterocycles. The Labute approximate surface area is 718 Å². The van der Waals surface area contributed by atoms with Crippen LogP contribution in [0.15, 0.2) is 441 Å². The van der Waals surface area contributed by atoms with Gasteiger partial charge in [-0.2, -0.15) is 0 Å². The molecular formula is C105H96O9S6. The van der Waals surface area contributed by atoms with Crippen molar-refractivity contribution in [2.24, 2.45) is 0 Å². The molecule has 0 heterocycles. The van der Waals surface area contributed by atoms with Gasteiger partial charge in [0, 0.05) is 0 Å². The van der Waals surface area contributed by atoms with Crippen molar-refractivity contribution in [3.8, 4) is 33.4 Å². The number of fused-ring (bicyclic) bond motifs is 9. The standard InChI is InChI=1S/3C22H23S.3C13H10O3S/c3*1-22(2,3)18-14-16-21(17-15-18)23(19-10-6-4-7-11-19)20-12-8-5-9-13-20;3*14-17(15,16)13-7-3-6-11-10-5-2-1-4-9(10)8-12(11)13/h3*4-17H,1-3H3;3*1-7H,8H2,(H,14,15,16)/q3*+1;;;/p-3. The lowest BCUT2D eigenvalue weighted by Crippen LogP contribution is -2.11. The number of benzene rings is 15. The molecule has 3 aliphatic carbocycles. The summed E-state index contributed by atoms with van der Waals surface area (Å²) in [4.78, 5) is 12.0. The van der Waals surface area contributed by atoms with E-state index in [1.807, 2.05) is 91.0 Å². The molecule has 18 rings (SSSR count). The molecule has 9 nitrogen and oxygen atoms in total. The SMILES string of the molecule is CC(C)(C)c1ccc([S+](c2ccccc2)c2ccccc2)cc1.CC(C)(C)c1ccc([S+](c2ccccc2)c2ccccc2)cc1.CC(C)(C)c1ccc([S+](c2ccccc2)c2ccccc2)cc1.O=S(=O)([O-])c1cccc2c1Cc1ccccc1-2.O=S(=O)([O-])c1cccc2c1Cc1ccccc1-2.O=S(=O)([O-])c1cccc2c1Cc1ccccc1-2. The van der Waals surface area contributed by atoms with Gasteiger partial charge in [-0.05, 0) is 246 Å². The van der Waals surface area contributed by atoms with Crippen LogP contribution in [0.5, 0.6) is 0 Å².